The number of carbonyl (C=O) groups is 3. The molecule has 6 unspecified atom stereocenters. The van der Waals surface area contributed by atoms with E-state index in [1.54, 1.807) is 18.7 Å². The topological polar surface area (TPSA) is 135 Å². The summed E-state index contributed by atoms with van der Waals surface area (Å²) >= 11 is 3.09. The van der Waals surface area contributed by atoms with E-state index in [0.717, 1.165) is 18.7 Å². The number of ether oxygens (including phenoxy) is 1. The van der Waals surface area contributed by atoms with Gasteiger partial charge in [0.15, 0.2) is 0 Å². The van der Waals surface area contributed by atoms with Crippen molar-refractivity contribution in [2.45, 2.75) is 41.9 Å². The van der Waals surface area contributed by atoms with Crippen molar-refractivity contribution in [3.05, 3.63) is 0 Å². The van der Waals surface area contributed by atoms with E-state index in [2.05, 4.69) is 21.3 Å². The lowest BCUT2D eigenvalue weighted by Crippen LogP contribution is -2.52. The van der Waals surface area contributed by atoms with Crippen LogP contribution >= 0.6 is 23.5 Å². The van der Waals surface area contributed by atoms with Crippen LogP contribution in [0.2, 0.25) is 0 Å². The molecule has 0 saturated carbocycles. The highest BCUT2D eigenvalue weighted by molar-refractivity contribution is 8.01. The zero-order valence-corrected chi connectivity index (χ0v) is 16.9. The van der Waals surface area contributed by atoms with E-state index < -0.39 is 17.9 Å². The fraction of sp³-hybridized carbons (Fsp3) is 0.812. The fourth-order valence-corrected chi connectivity index (χ4v) is 6.21. The minimum Gasteiger partial charge on any atom is -0.450 e. The van der Waals surface area contributed by atoms with Gasteiger partial charge in [-0.25, -0.2) is 4.79 Å². The van der Waals surface area contributed by atoms with Gasteiger partial charge in [0.2, 0.25) is 11.8 Å². The van der Waals surface area contributed by atoms with Gasteiger partial charge in [0.25, 0.3) is 0 Å². The number of rotatable bonds is 5. The van der Waals surface area contributed by atoms with Crippen molar-refractivity contribution in [2.24, 2.45) is 17.6 Å². The first-order valence-corrected chi connectivity index (χ1v) is 11.3. The second-order valence-electron chi connectivity index (χ2n) is 6.86. The van der Waals surface area contributed by atoms with Crippen LogP contribution in [0.25, 0.3) is 0 Å². The van der Waals surface area contributed by atoms with Crippen LogP contribution in [0, 0.1) is 11.8 Å². The highest BCUT2D eigenvalue weighted by atomic mass is 32.2. The average molecular weight is 418 g/mol. The Bertz CT molecular complexity index is 581. The Kier molecular flexibility index (Phi) is 7.26. The third-order valence-electron chi connectivity index (χ3n) is 4.99. The second kappa shape index (κ2) is 9.46. The molecule has 3 heterocycles. The van der Waals surface area contributed by atoms with Gasteiger partial charge in [-0.3, -0.25) is 20.2 Å². The maximum Gasteiger partial charge on any atom is 0.413 e. The predicted molar refractivity (Wildman–Crippen MR) is 105 cm³/mol. The Balaban J connectivity index is 1.51. The Morgan fingerprint density at radius 1 is 1.30 bits per heavy atom. The summed E-state index contributed by atoms with van der Waals surface area (Å²) in [5, 5.41) is 11.5. The lowest BCUT2D eigenvalue weighted by molar-refractivity contribution is -0.125. The second-order valence-corrected chi connectivity index (χ2v) is 9.36. The molecule has 3 amide bonds. The quantitative estimate of drug-likeness (QED) is 0.397. The molecule has 3 rings (SSSR count). The van der Waals surface area contributed by atoms with Gasteiger partial charge in [-0.1, -0.05) is 0 Å². The van der Waals surface area contributed by atoms with E-state index in [1.165, 1.54) is 11.8 Å². The van der Waals surface area contributed by atoms with Crippen molar-refractivity contribution >= 4 is 41.4 Å². The van der Waals surface area contributed by atoms with Crippen molar-refractivity contribution in [1.82, 2.24) is 21.3 Å². The number of hydrogen-bond acceptors (Lipinski definition) is 9. The van der Waals surface area contributed by atoms with E-state index in [0.29, 0.717) is 18.9 Å². The summed E-state index contributed by atoms with van der Waals surface area (Å²) in [5.41, 5.74) is 5.76. The monoisotopic (exact) mass is 417 g/mol. The number of amides is 3. The van der Waals surface area contributed by atoms with Gasteiger partial charge >= 0.3 is 6.09 Å². The number of piperidine rings is 1. The van der Waals surface area contributed by atoms with Crippen LogP contribution in [-0.4, -0.2) is 65.5 Å². The van der Waals surface area contributed by atoms with E-state index >= 15 is 0 Å². The molecule has 27 heavy (non-hydrogen) atoms. The molecule has 3 aliphatic rings. The van der Waals surface area contributed by atoms with Gasteiger partial charge in [-0.05, 0) is 38.0 Å². The molecular weight excluding hydrogens is 390 g/mol. The SMILES string of the molecule is CCOC(=O)NC(=O)C1CCSC1NC(=O)C1NC2CC(CN)CNC2S1. The molecule has 0 aromatic heterocycles. The normalized spacial score (nSPS) is 35.3. The molecule has 11 heteroatoms. The van der Waals surface area contributed by atoms with E-state index in [4.69, 9.17) is 10.5 Å². The van der Waals surface area contributed by atoms with Crippen molar-refractivity contribution < 1.29 is 19.1 Å². The molecule has 0 aromatic carbocycles. The molecule has 0 bridgehead atoms. The van der Waals surface area contributed by atoms with E-state index in [-0.39, 0.29) is 34.7 Å². The minimum absolute atomic E-state index is 0.131. The largest absolute Gasteiger partial charge is 0.450 e. The van der Waals surface area contributed by atoms with Gasteiger partial charge in [0.1, 0.15) is 5.37 Å². The van der Waals surface area contributed by atoms with Crippen LogP contribution in [-0.2, 0) is 14.3 Å². The maximum absolute atomic E-state index is 12.7. The number of imide groups is 1. The standard InChI is InChI=1S/C16H27N5O4S2/c1-2-25-16(24)21-11(22)9-3-4-26-13(9)20-12(23)15-19-10-5-8(6-17)7-18-14(10)27-15/h8-10,13-15,18-19H,2-7,17H2,1H3,(H,20,23)(H,21,22,24). The number of fused-ring (bicyclic) bond motifs is 1. The average Bonchev–Trinajstić information content (AvgIpc) is 3.27. The number of nitrogens with one attached hydrogen (secondary N) is 4. The van der Waals surface area contributed by atoms with Crippen LogP contribution in [0.3, 0.4) is 0 Å². The molecular formula is C16H27N5O4S2. The molecule has 3 aliphatic heterocycles. The lowest BCUT2D eigenvalue weighted by Gasteiger charge is -2.31. The van der Waals surface area contributed by atoms with Crippen LogP contribution in [0.4, 0.5) is 4.79 Å². The van der Waals surface area contributed by atoms with Crippen LogP contribution in [0.5, 0.6) is 0 Å². The smallest absolute Gasteiger partial charge is 0.413 e. The van der Waals surface area contributed by atoms with Crippen LogP contribution in [0.1, 0.15) is 19.8 Å². The Hall–Kier alpha value is -1.01. The molecule has 152 valence electrons. The summed E-state index contributed by atoms with van der Waals surface area (Å²) in [5.74, 6) is 0.187. The highest BCUT2D eigenvalue weighted by Gasteiger charge is 2.43. The summed E-state index contributed by atoms with van der Waals surface area (Å²) < 4.78 is 4.75. The highest BCUT2D eigenvalue weighted by Crippen LogP contribution is 2.34. The molecule has 0 aromatic rings. The molecule has 6 N–H and O–H groups in total. The summed E-state index contributed by atoms with van der Waals surface area (Å²) in [6, 6.07) is 0.215. The number of nitrogens with two attached hydrogens (primary N) is 1. The summed E-state index contributed by atoms with van der Waals surface area (Å²) in [6.07, 6.45) is 0.812. The Labute approximate surface area is 167 Å². The molecule has 0 radical (unpaired) electrons. The van der Waals surface area contributed by atoms with Gasteiger partial charge in [-0.15, -0.1) is 23.5 Å². The van der Waals surface area contributed by atoms with Crippen molar-refractivity contribution in [2.75, 3.05) is 25.4 Å². The van der Waals surface area contributed by atoms with Gasteiger partial charge in [0.05, 0.1) is 23.3 Å². The first-order valence-electron chi connectivity index (χ1n) is 9.26. The number of carbonyl (C=O) groups excluding carboxylic acids is 3. The van der Waals surface area contributed by atoms with Gasteiger partial charge < -0.3 is 21.1 Å². The van der Waals surface area contributed by atoms with Gasteiger partial charge in [0, 0.05) is 12.6 Å². The number of alkyl carbamates (subject to hydrolysis) is 1. The van der Waals surface area contributed by atoms with E-state index in [9.17, 15) is 14.4 Å². The number of thioether (sulfide) groups is 2. The Morgan fingerprint density at radius 3 is 2.85 bits per heavy atom. The van der Waals surface area contributed by atoms with Gasteiger partial charge in [-0.2, -0.15) is 0 Å². The number of hydrogen-bond donors (Lipinski definition) is 5. The molecule has 9 nitrogen and oxygen atoms in total. The summed E-state index contributed by atoms with van der Waals surface area (Å²) in [7, 11) is 0. The molecule has 0 spiro atoms. The van der Waals surface area contributed by atoms with Crippen molar-refractivity contribution in [3.8, 4) is 0 Å². The zero-order valence-electron chi connectivity index (χ0n) is 15.2. The zero-order chi connectivity index (χ0) is 19.4. The summed E-state index contributed by atoms with van der Waals surface area (Å²) in [4.78, 5) is 36.5. The molecule has 0 aliphatic carbocycles. The third-order valence-corrected chi connectivity index (χ3v) is 7.68. The van der Waals surface area contributed by atoms with E-state index in [1.807, 2.05) is 0 Å². The first-order chi connectivity index (χ1) is 13.0. The first kappa shape index (κ1) is 20.7. The summed E-state index contributed by atoms with van der Waals surface area (Å²) in [6.45, 7) is 3.38. The maximum atomic E-state index is 12.7. The Morgan fingerprint density at radius 2 is 2.11 bits per heavy atom. The molecule has 6 atom stereocenters. The third kappa shape index (κ3) is 5.08. The van der Waals surface area contributed by atoms with Crippen molar-refractivity contribution in [1.29, 1.82) is 0 Å². The lowest BCUT2D eigenvalue weighted by atomic mass is 9.96. The molecule has 3 saturated heterocycles. The minimum atomic E-state index is -0.748. The van der Waals surface area contributed by atoms with Crippen LogP contribution in [0.15, 0.2) is 0 Å². The molecule has 3 fully saturated rings. The predicted octanol–water partition coefficient (Wildman–Crippen LogP) is -0.620. The van der Waals surface area contributed by atoms with Crippen molar-refractivity contribution in [3.63, 3.8) is 0 Å². The fourth-order valence-electron chi connectivity index (χ4n) is 3.56. The van der Waals surface area contributed by atoms with Crippen LogP contribution < -0.4 is 27.0 Å².